The molecule has 0 unspecified atom stereocenters. The van der Waals surface area contributed by atoms with Gasteiger partial charge < -0.3 is 0 Å². The topological polar surface area (TPSA) is 76.3 Å². The minimum atomic E-state index is -0.277. The largest absolute Gasteiger partial charge is 0.283 e. The second-order valence-electron chi connectivity index (χ2n) is 8.20. The standard InChI is InChI=1S/C27H26N4O2S2/c1-4-14-31-26(33)24-22(21-8-6-5-7-9-21)16-34-25(24)29-27(31)35-17-23(32)30-28-15-19-10-12-20(13-11-19)18(2)3/h4-13,15-16,18H,1,14,17H2,2-3H3,(H,30,32)/b28-15+. The van der Waals surface area contributed by atoms with E-state index in [9.17, 15) is 9.59 Å². The number of nitrogens with zero attached hydrogens (tertiary/aromatic N) is 3. The van der Waals surface area contributed by atoms with Gasteiger partial charge in [-0.2, -0.15) is 5.10 Å². The smallest absolute Gasteiger partial charge is 0.263 e. The van der Waals surface area contributed by atoms with E-state index in [0.29, 0.717) is 27.8 Å². The highest BCUT2D eigenvalue weighted by Gasteiger charge is 2.17. The van der Waals surface area contributed by atoms with Crippen molar-refractivity contribution in [2.45, 2.75) is 31.5 Å². The molecule has 1 N–H and O–H groups in total. The summed E-state index contributed by atoms with van der Waals surface area (Å²) < 4.78 is 1.56. The highest BCUT2D eigenvalue weighted by Crippen LogP contribution is 2.32. The van der Waals surface area contributed by atoms with E-state index < -0.39 is 0 Å². The molecule has 4 aromatic rings. The van der Waals surface area contributed by atoms with Crippen molar-refractivity contribution in [3.05, 3.63) is 94.1 Å². The van der Waals surface area contributed by atoms with E-state index in [1.807, 2.05) is 47.8 Å². The van der Waals surface area contributed by atoms with Crippen molar-refractivity contribution in [3.63, 3.8) is 0 Å². The van der Waals surface area contributed by atoms with Crippen LogP contribution in [-0.2, 0) is 11.3 Å². The van der Waals surface area contributed by atoms with Crippen molar-refractivity contribution in [1.29, 1.82) is 0 Å². The Kier molecular flexibility index (Phi) is 7.94. The van der Waals surface area contributed by atoms with Gasteiger partial charge in [0, 0.05) is 17.5 Å². The lowest BCUT2D eigenvalue weighted by Gasteiger charge is -2.10. The normalized spacial score (nSPS) is 11.4. The number of rotatable bonds is 9. The maximum atomic E-state index is 13.4. The number of aromatic nitrogens is 2. The minimum absolute atomic E-state index is 0.0790. The van der Waals surface area contributed by atoms with Gasteiger partial charge in [0.25, 0.3) is 11.5 Å². The molecular formula is C27H26N4O2S2. The van der Waals surface area contributed by atoms with Gasteiger partial charge in [0.1, 0.15) is 4.83 Å². The second kappa shape index (κ2) is 11.3. The SMILES string of the molecule is C=CCn1c(SCC(=O)N/N=C/c2ccc(C(C)C)cc2)nc2scc(-c3ccccc3)c2c1=O. The predicted octanol–water partition coefficient (Wildman–Crippen LogP) is 5.68. The molecule has 0 bridgehead atoms. The molecule has 178 valence electrons. The Balaban J connectivity index is 1.48. The first kappa shape index (κ1) is 24.6. The molecule has 2 aromatic heterocycles. The average molecular weight is 503 g/mol. The minimum Gasteiger partial charge on any atom is -0.283 e. The summed E-state index contributed by atoms with van der Waals surface area (Å²) in [5, 5.41) is 7.07. The fraction of sp³-hybridized carbons (Fsp3) is 0.185. The summed E-state index contributed by atoms with van der Waals surface area (Å²) in [4.78, 5) is 31.1. The summed E-state index contributed by atoms with van der Waals surface area (Å²) in [6.45, 7) is 8.36. The molecule has 2 heterocycles. The van der Waals surface area contributed by atoms with Crippen LogP contribution in [0.25, 0.3) is 21.3 Å². The van der Waals surface area contributed by atoms with E-state index in [0.717, 1.165) is 16.7 Å². The fourth-order valence-electron chi connectivity index (χ4n) is 3.54. The maximum Gasteiger partial charge on any atom is 0.263 e. The Hall–Kier alpha value is -3.49. The second-order valence-corrected chi connectivity index (χ2v) is 10.00. The number of thioether (sulfide) groups is 1. The van der Waals surface area contributed by atoms with Crippen LogP contribution < -0.4 is 11.0 Å². The third kappa shape index (κ3) is 5.78. The number of hydrogen-bond donors (Lipinski definition) is 1. The Labute approximate surface area is 212 Å². The lowest BCUT2D eigenvalue weighted by Crippen LogP contribution is -2.24. The molecule has 2 aromatic carbocycles. The van der Waals surface area contributed by atoms with Crippen molar-refractivity contribution < 1.29 is 4.79 Å². The molecule has 0 aliphatic carbocycles. The summed E-state index contributed by atoms with van der Waals surface area (Å²) >= 11 is 2.63. The number of amides is 1. The summed E-state index contributed by atoms with van der Waals surface area (Å²) in [5.74, 6) is 0.263. The van der Waals surface area contributed by atoms with E-state index >= 15 is 0 Å². The zero-order valence-corrected chi connectivity index (χ0v) is 21.2. The van der Waals surface area contributed by atoms with Gasteiger partial charge in [-0.1, -0.05) is 86.3 Å². The van der Waals surface area contributed by atoms with E-state index in [1.54, 1.807) is 16.9 Å². The van der Waals surface area contributed by atoms with Crippen LogP contribution in [0.2, 0.25) is 0 Å². The number of carbonyl (C=O) groups is 1. The summed E-state index contributed by atoms with van der Waals surface area (Å²) in [5.41, 5.74) is 6.40. The molecule has 1 amide bonds. The third-order valence-electron chi connectivity index (χ3n) is 5.39. The van der Waals surface area contributed by atoms with Gasteiger partial charge >= 0.3 is 0 Å². The Morgan fingerprint density at radius 1 is 1.20 bits per heavy atom. The molecule has 0 aliphatic heterocycles. The molecule has 0 saturated heterocycles. The van der Waals surface area contributed by atoms with E-state index in [4.69, 9.17) is 4.98 Å². The zero-order valence-electron chi connectivity index (χ0n) is 19.6. The van der Waals surface area contributed by atoms with Crippen molar-refractivity contribution >= 4 is 45.4 Å². The molecular weight excluding hydrogens is 476 g/mol. The van der Waals surface area contributed by atoms with Crippen LogP contribution in [0.15, 0.2) is 87.7 Å². The molecule has 0 saturated carbocycles. The summed E-state index contributed by atoms with van der Waals surface area (Å²) in [7, 11) is 0. The Bertz CT molecular complexity index is 1420. The lowest BCUT2D eigenvalue weighted by atomic mass is 10.0. The predicted molar refractivity (Wildman–Crippen MR) is 147 cm³/mol. The quantitative estimate of drug-likeness (QED) is 0.105. The molecule has 0 fully saturated rings. The van der Waals surface area contributed by atoms with Gasteiger partial charge in [0.05, 0.1) is 17.4 Å². The summed E-state index contributed by atoms with van der Waals surface area (Å²) in [6, 6.07) is 17.8. The fourth-order valence-corrected chi connectivity index (χ4v) is 5.33. The zero-order chi connectivity index (χ0) is 24.8. The number of thiophene rings is 1. The third-order valence-corrected chi connectivity index (χ3v) is 7.24. The number of carbonyl (C=O) groups excluding carboxylic acids is 1. The van der Waals surface area contributed by atoms with Crippen molar-refractivity contribution in [2.24, 2.45) is 5.10 Å². The Morgan fingerprint density at radius 2 is 1.94 bits per heavy atom. The number of hydrogen-bond acceptors (Lipinski definition) is 6. The maximum absolute atomic E-state index is 13.4. The van der Waals surface area contributed by atoms with Gasteiger partial charge in [0.2, 0.25) is 0 Å². The molecule has 8 heteroatoms. The number of hydrazone groups is 1. The highest BCUT2D eigenvalue weighted by atomic mass is 32.2. The van der Waals surface area contributed by atoms with Crippen LogP contribution in [0.5, 0.6) is 0 Å². The van der Waals surface area contributed by atoms with E-state index in [-0.39, 0.29) is 17.2 Å². The first-order valence-corrected chi connectivity index (χ1v) is 13.1. The lowest BCUT2D eigenvalue weighted by molar-refractivity contribution is -0.118. The van der Waals surface area contributed by atoms with Crippen molar-refractivity contribution in [1.82, 2.24) is 15.0 Å². The highest BCUT2D eigenvalue weighted by molar-refractivity contribution is 7.99. The molecule has 0 radical (unpaired) electrons. The van der Waals surface area contributed by atoms with Gasteiger partial charge in [0.15, 0.2) is 5.16 Å². The molecule has 0 atom stereocenters. The van der Waals surface area contributed by atoms with E-state index in [2.05, 4.69) is 43.1 Å². The van der Waals surface area contributed by atoms with Crippen molar-refractivity contribution in [2.75, 3.05) is 5.75 Å². The average Bonchev–Trinajstić information content (AvgIpc) is 3.30. The Morgan fingerprint density at radius 3 is 2.63 bits per heavy atom. The monoisotopic (exact) mass is 502 g/mol. The number of fused-ring (bicyclic) bond motifs is 1. The molecule has 6 nitrogen and oxygen atoms in total. The molecule has 4 rings (SSSR count). The van der Waals surface area contributed by atoms with Crippen LogP contribution in [0.3, 0.4) is 0 Å². The van der Waals surface area contributed by atoms with Gasteiger partial charge in [-0.15, -0.1) is 17.9 Å². The molecule has 35 heavy (non-hydrogen) atoms. The van der Waals surface area contributed by atoms with E-state index in [1.165, 1.54) is 28.7 Å². The summed E-state index contributed by atoms with van der Waals surface area (Å²) in [6.07, 6.45) is 3.27. The number of nitrogens with one attached hydrogen (secondary N) is 1. The van der Waals surface area contributed by atoms with Crippen LogP contribution in [0, 0.1) is 0 Å². The van der Waals surface area contributed by atoms with Crippen LogP contribution >= 0.6 is 23.1 Å². The van der Waals surface area contributed by atoms with Crippen molar-refractivity contribution in [3.8, 4) is 11.1 Å². The van der Waals surface area contributed by atoms with Gasteiger partial charge in [-0.25, -0.2) is 10.4 Å². The number of benzene rings is 2. The first-order chi connectivity index (χ1) is 17.0. The molecule has 0 spiro atoms. The molecule has 0 aliphatic rings. The van der Waals surface area contributed by atoms with Gasteiger partial charge in [-0.05, 0) is 22.6 Å². The number of allylic oxidation sites excluding steroid dienone is 1. The van der Waals surface area contributed by atoms with Crippen LogP contribution in [0.4, 0.5) is 0 Å². The van der Waals surface area contributed by atoms with Crippen LogP contribution in [0.1, 0.15) is 30.9 Å². The van der Waals surface area contributed by atoms with Crippen LogP contribution in [-0.4, -0.2) is 27.4 Å². The first-order valence-electron chi connectivity index (χ1n) is 11.2. The van der Waals surface area contributed by atoms with Gasteiger partial charge in [-0.3, -0.25) is 14.2 Å².